The molecule has 1 unspecified atom stereocenters. The minimum Gasteiger partial charge on any atom is -0.361 e. The van der Waals surface area contributed by atoms with Crippen molar-refractivity contribution >= 4 is 21.8 Å². The van der Waals surface area contributed by atoms with Gasteiger partial charge in [-0.1, -0.05) is 64.0 Å². The molecule has 1 saturated heterocycles. The molecule has 1 fully saturated rings. The van der Waals surface area contributed by atoms with Gasteiger partial charge in [0.15, 0.2) is 0 Å². The monoisotopic (exact) mass is 440 g/mol. The smallest absolute Gasteiger partial charge is 0.248 e. The summed E-state index contributed by atoms with van der Waals surface area (Å²) in [5.74, 6) is 0.153. The Labute approximate surface area is 177 Å². The highest BCUT2D eigenvalue weighted by Gasteiger charge is 2.48. The summed E-state index contributed by atoms with van der Waals surface area (Å²) in [4.78, 5) is 17.3. The third-order valence-corrected chi connectivity index (χ3v) is 6.10. The lowest BCUT2D eigenvalue weighted by atomic mass is 9.83. The molecular formula is C24H29BrN2O. The van der Waals surface area contributed by atoms with E-state index in [-0.39, 0.29) is 5.91 Å². The number of carbonyl (C=O) groups is 1. The summed E-state index contributed by atoms with van der Waals surface area (Å²) in [6.07, 6.45) is 1.64. The van der Waals surface area contributed by atoms with Crippen LogP contribution in [0, 0.1) is 13.8 Å². The van der Waals surface area contributed by atoms with Crippen molar-refractivity contribution in [2.24, 2.45) is 0 Å². The molecule has 3 rings (SSSR count). The van der Waals surface area contributed by atoms with Crippen LogP contribution < -0.4 is 0 Å². The molecule has 0 spiro atoms. The molecule has 1 amide bonds. The number of allylic oxidation sites excluding steroid dienone is 1. The van der Waals surface area contributed by atoms with Crippen LogP contribution in [0.5, 0.6) is 0 Å². The summed E-state index contributed by atoms with van der Waals surface area (Å²) in [6, 6.07) is 14.7. The summed E-state index contributed by atoms with van der Waals surface area (Å²) >= 11 is 3.50. The second-order valence-corrected chi connectivity index (χ2v) is 9.12. The first-order chi connectivity index (χ1) is 13.2. The molecule has 2 aromatic rings. The van der Waals surface area contributed by atoms with E-state index in [2.05, 4.69) is 71.6 Å². The molecule has 1 atom stereocenters. The van der Waals surface area contributed by atoms with Gasteiger partial charge in [-0.15, -0.1) is 0 Å². The van der Waals surface area contributed by atoms with E-state index in [4.69, 9.17) is 0 Å². The van der Waals surface area contributed by atoms with Crippen LogP contribution in [0.4, 0.5) is 0 Å². The van der Waals surface area contributed by atoms with Crippen LogP contribution in [0.3, 0.4) is 0 Å². The van der Waals surface area contributed by atoms with Crippen LogP contribution in [0.2, 0.25) is 0 Å². The van der Waals surface area contributed by atoms with Crippen molar-refractivity contribution in [1.82, 2.24) is 9.80 Å². The molecule has 2 aromatic carbocycles. The van der Waals surface area contributed by atoms with Gasteiger partial charge in [0.2, 0.25) is 5.91 Å². The molecule has 1 heterocycles. The fourth-order valence-corrected chi connectivity index (χ4v) is 4.63. The quantitative estimate of drug-likeness (QED) is 0.612. The van der Waals surface area contributed by atoms with Crippen molar-refractivity contribution in [3.05, 3.63) is 81.5 Å². The lowest BCUT2D eigenvalue weighted by Crippen LogP contribution is -2.65. The molecule has 28 heavy (non-hydrogen) atoms. The molecule has 1 aliphatic rings. The Balaban J connectivity index is 1.68. The van der Waals surface area contributed by atoms with Gasteiger partial charge in [-0.25, -0.2) is 0 Å². The second-order valence-electron chi connectivity index (χ2n) is 8.21. The van der Waals surface area contributed by atoms with Gasteiger partial charge in [-0.05, 0) is 50.5 Å². The topological polar surface area (TPSA) is 23.6 Å². The zero-order valence-electron chi connectivity index (χ0n) is 17.3. The molecule has 1 aliphatic heterocycles. The van der Waals surface area contributed by atoms with E-state index >= 15 is 0 Å². The predicted molar refractivity (Wildman–Crippen MR) is 119 cm³/mol. The van der Waals surface area contributed by atoms with E-state index in [1.165, 1.54) is 16.7 Å². The third-order valence-electron chi connectivity index (χ3n) is 5.61. The Hall–Kier alpha value is -2.07. The number of aryl methyl sites for hydroxylation is 2. The number of rotatable bonds is 6. The van der Waals surface area contributed by atoms with Crippen molar-refractivity contribution in [1.29, 1.82) is 0 Å². The largest absolute Gasteiger partial charge is 0.361 e. The highest BCUT2D eigenvalue weighted by molar-refractivity contribution is 9.10. The highest BCUT2D eigenvalue weighted by Crippen LogP contribution is 2.36. The van der Waals surface area contributed by atoms with Crippen molar-refractivity contribution < 1.29 is 4.79 Å². The number of amides is 1. The maximum atomic E-state index is 13.2. The molecule has 4 heteroatoms. The average molecular weight is 441 g/mol. The van der Waals surface area contributed by atoms with Gasteiger partial charge in [-0.2, -0.15) is 0 Å². The van der Waals surface area contributed by atoms with E-state index in [0.717, 1.165) is 35.1 Å². The molecule has 0 saturated carbocycles. The normalized spacial score (nSPS) is 18.5. The number of likely N-dealkylation sites (tertiary alicyclic amines) is 1. The zero-order valence-corrected chi connectivity index (χ0v) is 18.8. The van der Waals surface area contributed by atoms with Crippen LogP contribution in [0.15, 0.2) is 59.2 Å². The van der Waals surface area contributed by atoms with Gasteiger partial charge in [-0.3, -0.25) is 4.79 Å². The summed E-state index contributed by atoms with van der Waals surface area (Å²) in [6.45, 7) is 12.1. The van der Waals surface area contributed by atoms with Crippen LogP contribution in [-0.4, -0.2) is 34.8 Å². The molecule has 0 aliphatic carbocycles. The number of nitrogens with zero attached hydrogens (tertiary/aromatic N) is 2. The maximum Gasteiger partial charge on any atom is 0.248 e. The Morgan fingerprint density at radius 3 is 2.43 bits per heavy atom. The standard InChI is InChI=1S/C24H29BrN2O/c1-17-11-18(2)13-21(12-17)14-19(3)27-10-9-24(27,4)23(28)26(5)16-20-7-6-8-22(25)15-20/h6-8,11-13,15H,3,9-10,14,16H2,1-2,4-5H3. The number of benzene rings is 2. The Morgan fingerprint density at radius 1 is 1.18 bits per heavy atom. The fourth-order valence-electron chi connectivity index (χ4n) is 4.18. The van der Waals surface area contributed by atoms with Gasteiger partial charge in [0.05, 0.1) is 0 Å². The number of hydrogen-bond acceptors (Lipinski definition) is 2. The fraction of sp³-hybridized carbons (Fsp3) is 0.375. The Kier molecular flexibility index (Phi) is 5.99. The van der Waals surface area contributed by atoms with Crippen LogP contribution >= 0.6 is 15.9 Å². The minimum absolute atomic E-state index is 0.153. The van der Waals surface area contributed by atoms with E-state index in [1.54, 1.807) is 0 Å². The van der Waals surface area contributed by atoms with Crippen LogP contribution in [-0.2, 0) is 17.8 Å². The summed E-state index contributed by atoms with van der Waals surface area (Å²) in [5, 5.41) is 0. The van der Waals surface area contributed by atoms with Crippen molar-refractivity contribution in [3.8, 4) is 0 Å². The SMILES string of the molecule is C=C(Cc1cc(C)cc(C)c1)N1CCC1(C)C(=O)N(C)Cc1cccc(Br)c1. The van der Waals surface area contributed by atoms with Gasteiger partial charge in [0.25, 0.3) is 0 Å². The lowest BCUT2D eigenvalue weighted by Gasteiger charge is -2.53. The highest BCUT2D eigenvalue weighted by atomic mass is 79.9. The number of halogens is 1. The Bertz CT molecular complexity index is 887. The first-order valence-electron chi connectivity index (χ1n) is 9.71. The molecular weight excluding hydrogens is 412 g/mol. The molecule has 0 bridgehead atoms. The number of carbonyl (C=O) groups excluding carboxylic acids is 1. The molecule has 0 aromatic heterocycles. The van der Waals surface area contributed by atoms with Gasteiger partial charge in [0, 0.05) is 36.7 Å². The average Bonchev–Trinajstić information content (AvgIpc) is 2.58. The van der Waals surface area contributed by atoms with Crippen LogP contribution in [0.25, 0.3) is 0 Å². The van der Waals surface area contributed by atoms with E-state index < -0.39 is 5.54 Å². The summed E-state index contributed by atoms with van der Waals surface area (Å²) < 4.78 is 1.03. The van der Waals surface area contributed by atoms with Crippen molar-refractivity contribution in [2.45, 2.75) is 45.7 Å². The maximum absolute atomic E-state index is 13.2. The van der Waals surface area contributed by atoms with Gasteiger partial charge < -0.3 is 9.80 Å². The predicted octanol–water partition coefficient (Wildman–Crippen LogP) is 5.25. The second kappa shape index (κ2) is 8.12. The minimum atomic E-state index is -0.503. The summed E-state index contributed by atoms with van der Waals surface area (Å²) in [7, 11) is 1.89. The van der Waals surface area contributed by atoms with Crippen molar-refractivity contribution in [2.75, 3.05) is 13.6 Å². The molecule has 3 nitrogen and oxygen atoms in total. The summed E-state index contributed by atoms with van der Waals surface area (Å²) in [5.41, 5.74) is 5.41. The van der Waals surface area contributed by atoms with E-state index in [9.17, 15) is 4.79 Å². The number of hydrogen-bond donors (Lipinski definition) is 0. The molecule has 0 radical (unpaired) electrons. The third kappa shape index (κ3) is 4.33. The van der Waals surface area contributed by atoms with E-state index in [1.807, 2.05) is 31.0 Å². The van der Waals surface area contributed by atoms with Gasteiger partial charge in [0.1, 0.15) is 5.54 Å². The molecule has 0 N–H and O–H groups in total. The number of likely N-dealkylation sites (N-methyl/N-ethyl adjacent to an activating group) is 1. The molecule has 148 valence electrons. The Morgan fingerprint density at radius 2 is 1.86 bits per heavy atom. The lowest BCUT2D eigenvalue weighted by molar-refractivity contribution is -0.149. The first kappa shape index (κ1) is 20.7. The van der Waals surface area contributed by atoms with E-state index in [0.29, 0.717) is 6.54 Å². The van der Waals surface area contributed by atoms with Gasteiger partial charge >= 0.3 is 0 Å². The zero-order chi connectivity index (χ0) is 20.5. The van der Waals surface area contributed by atoms with Crippen molar-refractivity contribution in [3.63, 3.8) is 0 Å². The van der Waals surface area contributed by atoms with Crippen LogP contribution in [0.1, 0.15) is 35.6 Å². The first-order valence-corrected chi connectivity index (χ1v) is 10.5.